The second-order valence-corrected chi connectivity index (χ2v) is 5.82. The Kier molecular flexibility index (Phi) is 5.58. The number of carboxylic acid groups (broad SMARTS) is 1. The summed E-state index contributed by atoms with van der Waals surface area (Å²) in [6.07, 6.45) is 0.106. The van der Waals surface area contributed by atoms with Gasteiger partial charge in [-0.05, 0) is 56.7 Å². The fourth-order valence-electron chi connectivity index (χ4n) is 2.26. The molecule has 1 amide bonds. The summed E-state index contributed by atoms with van der Waals surface area (Å²) in [4.78, 5) is 23.3. The van der Waals surface area contributed by atoms with Crippen LogP contribution in [0.2, 0.25) is 0 Å². The van der Waals surface area contributed by atoms with Crippen molar-refractivity contribution in [2.75, 3.05) is 0 Å². The number of hydrogen-bond acceptors (Lipinski definition) is 3. The SMILES string of the molecule is CC(C)Oc1ccc(C(C)NC(=O)c2cccc(C(=O)O)c2)cc1. The highest BCUT2D eigenvalue weighted by Crippen LogP contribution is 2.19. The number of carboxylic acids is 1. The van der Waals surface area contributed by atoms with E-state index in [1.165, 1.54) is 12.1 Å². The number of aromatic carboxylic acids is 1. The van der Waals surface area contributed by atoms with Crippen molar-refractivity contribution in [3.63, 3.8) is 0 Å². The zero-order valence-corrected chi connectivity index (χ0v) is 13.9. The van der Waals surface area contributed by atoms with E-state index in [-0.39, 0.29) is 23.6 Å². The zero-order chi connectivity index (χ0) is 17.7. The first-order chi connectivity index (χ1) is 11.4. The molecule has 0 aromatic heterocycles. The van der Waals surface area contributed by atoms with Gasteiger partial charge in [0.2, 0.25) is 0 Å². The third kappa shape index (κ3) is 4.59. The average molecular weight is 327 g/mol. The van der Waals surface area contributed by atoms with Crippen LogP contribution in [-0.4, -0.2) is 23.1 Å². The molecule has 5 nitrogen and oxygen atoms in total. The van der Waals surface area contributed by atoms with E-state index in [2.05, 4.69) is 5.32 Å². The minimum absolute atomic E-state index is 0.0884. The van der Waals surface area contributed by atoms with Gasteiger partial charge in [0.25, 0.3) is 5.91 Å². The van der Waals surface area contributed by atoms with Crippen molar-refractivity contribution in [3.8, 4) is 5.75 Å². The summed E-state index contributed by atoms with van der Waals surface area (Å²) in [5.74, 6) is -0.590. The second-order valence-electron chi connectivity index (χ2n) is 5.82. The van der Waals surface area contributed by atoms with Crippen molar-refractivity contribution in [2.24, 2.45) is 0 Å². The molecule has 0 aliphatic rings. The number of nitrogens with one attached hydrogen (secondary N) is 1. The van der Waals surface area contributed by atoms with Crippen molar-refractivity contribution < 1.29 is 19.4 Å². The van der Waals surface area contributed by atoms with E-state index in [9.17, 15) is 9.59 Å². The topological polar surface area (TPSA) is 75.6 Å². The maximum atomic E-state index is 12.3. The van der Waals surface area contributed by atoms with Crippen molar-refractivity contribution in [3.05, 3.63) is 65.2 Å². The molecule has 24 heavy (non-hydrogen) atoms. The van der Waals surface area contributed by atoms with E-state index >= 15 is 0 Å². The third-order valence-corrected chi connectivity index (χ3v) is 3.47. The molecule has 0 bridgehead atoms. The van der Waals surface area contributed by atoms with Crippen LogP contribution in [0.5, 0.6) is 5.75 Å². The molecule has 2 N–H and O–H groups in total. The molecule has 0 heterocycles. The summed E-state index contributed by atoms with van der Waals surface area (Å²) in [6.45, 7) is 5.79. The van der Waals surface area contributed by atoms with Gasteiger partial charge in [0.1, 0.15) is 5.75 Å². The summed E-state index contributed by atoms with van der Waals surface area (Å²) in [6, 6.07) is 13.3. The molecule has 1 unspecified atom stereocenters. The van der Waals surface area contributed by atoms with Gasteiger partial charge in [-0.3, -0.25) is 4.79 Å². The standard InChI is InChI=1S/C19H21NO4/c1-12(2)24-17-9-7-14(8-10-17)13(3)20-18(21)15-5-4-6-16(11-15)19(22)23/h4-13H,1-3H3,(H,20,21)(H,22,23). The first kappa shape index (κ1) is 17.5. The quantitative estimate of drug-likeness (QED) is 0.849. The molecule has 0 aliphatic carbocycles. The van der Waals surface area contributed by atoms with Gasteiger partial charge in [0, 0.05) is 5.56 Å². The predicted octanol–water partition coefficient (Wildman–Crippen LogP) is 3.66. The van der Waals surface area contributed by atoms with E-state index in [4.69, 9.17) is 9.84 Å². The number of hydrogen-bond donors (Lipinski definition) is 2. The highest BCUT2D eigenvalue weighted by atomic mass is 16.5. The van der Waals surface area contributed by atoms with Crippen molar-refractivity contribution >= 4 is 11.9 Å². The molecule has 0 spiro atoms. The molecule has 0 saturated carbocycles. The number of amides is 1. The van der Waals surface area contributed by atoms with Crippen LogP contribution in [0, 0.1) is 0 Å². The maximum absolute atomic E-state index is 12.3. The van der Waals surface area contributed by atoms with Gasteiger partial charge in [-0.25, -0.2) is 4.79 Å². The zero-order valence-electron chi connectivity index (χ0n) is 13.9. The lowest BCUT2D eigenvalue weighted by atomic mass is 10.1. The molecular weight excluding hydrogens is 306 g/mol. The minimum atomic E-state index is -1.06. The lowest BCUT2D eigenvalue weighted by Gasteiger charge is -2.16. The van der Waals surface area contributed by atoms with Gasteiger partial charge in [-0.15, -0.1) is 0 Å². The number of benzene rings is 2. The Bertz CT molecular complexity index is 722. The first-order valence-corrected chi connectivity index (χ1v) is 7.77. The van der Waals surface area contributed by atoms with E-state index in [0.717, 1.165) is 11.3 Å². The van der Waals surface area contributed by atoms with Crippen molar-refractivity contribution in [1.82, 2.24) is 5.32 Å². The largest absolute Gasteiger partial charge is 0.491 e. The number of ether oxygens (including phenoxy) is 1. The van der Waals surface area contributed by atoms with Gasteiger partial charge >= 0.3 is 5.97 Å². The summed E-state index contributed by atoms with van der Waals surface area (Å²) < 4.78 is 5.59. The lowest BCUT2D eigenvalue weighted by molar-refractivity contribution is 0.0697. The second kappa shape index (κ2) is 7.64. The van der Waals surface area contributed by atoms with Gasteiger partial charge in [0.15, 0.2) is 0 Å². The van der Waals surface area contributed by atoms with Gasteiger partial charge in [-0.2, -0.15) is 0 Å². The first-order valence-electron chi connectivity index (χ1n) is 7.77. The molecule has 2 aromatic carbocycles. The molecule has 126 valence electrons. The summed E-state index contributed by atoms with van der Waals surface area (Å²) >= 11 is 0. The van der Waals surface area contributed by atoms with Crippen LogP contribution in [0.25, 0.3) is 0 Å². The van der Waals surface area contributed by atoms with Gasteiger partial charge in [-0.1, -0.05) is 18.2 Å². The van der Waals surface area contributed by atoms with Crippen LogP contribution in [-0.2, 0) is 0 Å². The Balaban J connectivity index is 2.05. The third-order valence-electron chi connectivity index (χ3n) is 3.47. The average Bonchev–Trinajstić information content (AvgIpc) is 2.55. The van der Waals surface area contributed by atoms with Crippen LogP contribution < -0.4 is 10.1 Å². The van der Waals surface area contributed by atoms with Crippen LogP contribution in [0.3, 0.4) is 0 Å². The molecule has 0 fully saturated rings. The summed E-state index contributed by atoms with van der Waals surface area (Å²) in [5, 5.41) is 11.9. The number of carbonyl (C=O) groups is 2. The Hall–Kier alpha value is -2.82. The Morgan fingerprint density at radius 2 is 1.62 bits per heavy atom. The Morgan fingerprint density at radius 1 is 1.00 bits per heavy atom. The summed E-state index contributed by atoms with van der Waals surface area (Å²) in [7, 11) is 0. The van der Waals surface area contributed by atoms with Crippen LogP contribution in [0.1, 0.15) is 53.1 Å². The molecule has 0 radical (unpaired) electrons. The van der Waals surface area contributed by atoms with E-state index in [0.29, 0.717) is 5.56 Å². The van der Waals surface area contributed by atoms with Gasteiger partial charge < -0.3 is 15.2 Å². The normalized spacial score (nSPS) is 11.8. The Labute approximate surface area is 141 Å². The molecule has 2 aromatic rings. The van der Waals surface area contributed by atoms with Crippen LogP contribution in [0.4, 0.5) is 0 Å². The highest BCUT2D eigenvalue weighted by Gasteiger charge is 2.13. The van der Waals surface area contributed by atoms with Crippen LogP contribution >= 0.6 is 0 Å². The predicted molar refractivity (Wildman–Crippen MR) is 91.5 cm³/mol. The van der Waals surface area contributed by atoms with E-state index in [1.54, 1.807) is 12.1 Å². The van der Waals surface area contributed by atoms with E-state index in [1.807, 2.05) is 45.0 Å². The van der Waals surface area contributed by atoms with Crippen molar-refractivity contribution in [2.45, 2.75) is 32.9 Å². The smallest absolute Gasteiger partial charge is 0.335 e. The number of rotatable bonds is 6. The molecular formula is C19H21NO4. The van der Waals surface area contributed by atoms with Crippen LogP contribution in [0.15, 0.2) is 48.5 Å². The molecule has 0 aliphatic heterocycles. The fraction of sp³-hybridized carbons (Fsp3) is 0.263. The highest BCUT2D eigenvalue weighted by molar-refractivity contribution is 5.97. The molecule has 1 atom stereocenters. The maximum Gasteiger partial charge on any atom is 0.335 e. The molecule has 2 rings (SSSR count). The molecule has 5 heteroatoms. The fourth-order valence-corrected chi connectivity index (χ4v) is 2.26. The van der Waals surface area contributed by atoms with Crippen molar-refractivity contribution in [1.29, 1.82) is 0 Å². The Morgan fingerprint density at radius 3 is 2.21 bits per heavy atom. The summed E-state index contributed by atoms with van der Waals surface area (Å²) in [5.41, 5.74) is 1.35. The minimum Gasteiger partial charge on any atom is -0.491 e. The van der Waals surface area contributed by atoms with E-state index < -0.39 is 5.97 Å². The lowest BCUT2D eigenvalue weighted by Crippen LogP contribution is -2.26. The monoisotopic (exact) mass is 327 g/mol. The number of carbonyl (C=O) groups excluding carboxylic acids is 1. The van der Waals surface area contributed by atoms with Gasteiger partial charge in [0.05, 0.1) is 17.7 Å². The molecule has 0 saturated heterocycles.